The Kier molecular flexibility index (Phi) is 5.60. The second kappa shape index (κ2) is 7.40. The largest absolute Gasteiger partial charge is 0.388 e. The van der Waals surface area contributed by atoms with Crippen LogP contribution < -0.4 is 0 Å². The zero-order chi connectivity index (χ0) is 18.2. The molecule has 25 heavy (non-hydrogen) atoms. The van der Waals surface area contributed by atoms with E-state index in [1.807, 2.05) is 0 Å². The summed E-state index contributed by atoms with van der Waals surface area (Å²) in [6.07, 6.45) is 12.5. The summed E-state index contributed by atoms with van der Waals surface area (Å²) in [6.45, 7) is 11.1. The van der Waals surface area contributed by atoms with Gasteiger partial charge in [-0.2, -0.15) is 0 Å². The van der Waals surface area contributed by atoms with Crippen LogP contribution >= 0.6 is 0 Å². The highest BCUT2D eigenvalue weighted by molar-refractivity contribution is 5.29. The monoisotopic (exact) mass is 344 g/mol. The second-order valence-corrected chi connectivity index (χ2v) is 9.06. The maximum absolute atomic E-state index is 10.0. The minimum absolute atomic E-state index is 0.470. The zero-order valence-corrected chi connectivity index (χ0v) is 16.3. The first kappa shape index (κ1) is 18.9. The van der Waals surface area contributed by atoms with Crippen LogP contribution in [0.5, 0.6) is 0 Å². The molecule has 0 bridgehead atoms. The molecule has 3 aliphatic rings. The van der Waals surface area contributed by atoms with E-state index in [9.17, 15) is 10.2 Å². The zero-order valence-electron chi connectivity index (χ0n) is 16.3. The first-order chi connectivity index (χ1) is 11.9. The minimum atomic E-state index is -0.591. The number of aliphatic hydroxyl groups excluding tert-OH is 2. The summed E-state index contributed by atoms with van der Waals surface area (Å²) in [5, 5.41) is 20.1. The Labute approximate surface area is 153 Å². The summed E-state index contributed by atoms with van der Waals surface area (Å²) in [7, 11) is 0. The van der Waals surface area contributed by atoms with E-state index in [0.717, 1.165) is 23.3 Å². The molecule has 0 aliphatic heterocycles. The number of hydrogen-bond acceptors (Lipinski definition) is 2. The smallest absolute Gasteiger partial charge is 0.0809 e. The molecule has 6 atom stereocenters. The minimum Gasteiger partial charge on any atom is -0.388 e. The van der Waals surface area contributed by atoms with E-state index in [2.05, 4.69) is 39.5 Å². The van der Waals surface area contributed by atoms with Crippen molar-refractivity contribution in [2.24, 2.45) is 23.2 Å². The van der Waals surface area contributed by atoms with E-state index < -0.39 is 12.2 Å². The molecular weight excluding hydrogens is 308 g/mol. The van der Waals surface area contributed by atoms with Crippen molar-refractivity contribution >= 4 is 0 Å². The van der Waals surface area contributed by atoms with Gasteiger partial charge in [-0.05, 0) is 73.7 Å². The normalized spacial score (nSPS) is 41.7. The fraction of sp³-hybridized carbons (Fsp3) is 0.739. The van der Waals surface area contributed by atoms with Gasteiger partial charge in [-0.1, -0.05) is 57.1 Å². The molecule has 2 nitrogen and oxygen atoms in total. The Morgan fingerprint density at radius 2 is 1.88 bits per heavy atom. The molecule has 0 aromatic heterocycles. The standard InChI is InChI=1S/C23H36O2/c1-5-15(2)19-10-11-20-18(7-6-12-23(19,20)4)9-8-17-13-21(24)16(3)22(25)14-17/h8-9,15,19-22,24-25H,3,5-7,10-14H2,1-2,4H3/b18-9-/t15-,19+,20-,21+,22+,23+/m0/s1. The van der Waals surface area contributed by atoms with Gasteiger partial charge >= 0.3 is 0 Å². The number of aliphatic hydroxyl groups is 2. The Hall–Kier alpha value is -0.860. The van der Waals surface area contributed by atoms with Crippen molar-refractivity contribution < 1.29 is 10.2 Å². The van der Waals surface area contributed by atoms with E-state index in [4.69, 9.17) is 0 Å². The molecule has 0 aromatic carbocycles. The molecule has 0 aromatic rings. The van der Waals surface area contributed by atoms with Crippen molar-refractivity contribution in [1.82, 2.24) is 0 Å². The van der Waals surface area contributed by atoms with Gasteiger partial charge in [0.1, 0.15) is 0 Å². The molecule has 0 spiro atoms. The van der Waals surface area contributed by atoms with Crippen LogP contribution in [-0.4, -0.2) is 22.4 Å². The van der Waals surface area contributed by atoms with Crippen molar-refractivity contribution in [3.63, 3.8) is 0 Å². The predicted molar refractivity (Wildman–Crippen MR) is 104 cm³/mol. The number of hydrogen-bond donors (Lipinski definition) is 2. The van der Waals surface area contributed by atoms with Gasteiger partial charge in [0.15, 0.2) is 0 Å². The van der Waals surface area contributed by atoms with Crippen molar-refractivity contribution in [1.29, 1.82) is 0 Å². The second-order valence-electron chi connectivity index (χ2n) is 9.06. The fourth-order valence-corrected chi connectivity index (χ4v) is 5.92. The fourth-order valence-electron chi connectivity index (χ4n) is 5.92. The predicted octanol–water partition coefficient (Wildman–Crippen LogP) is 5.17. The Morgan fingerprint density at radius 3 is 2.52 bits per heavy atom. The number of allylic oxidation sites excluding steroid dienone is 3. The van der Waals surface area contributed by atoms with Crippen molar-refractivity contribution in [3.8, 4) is 0 Å². The molecule has 0 saturated heterocycles. The first-order valence-corrected chi connectivity index (χ1v) is 10.3. The van der Waals surface area contributed by atoms with E-state index in [-0.39, 0.29) is 0 Å². The Balaban J connectivity index is 1.78. The first-order valence-electron chi connectivity index (χ1n) is 10.3. The van der Waals surface area contributed by atoms with Crippen LogP contribution in [0.1, 0.15) is 72.1 Å². The van der Waals surface area contributed by atoms with Gasteiger partial charge in [0.05, 0.1) is 12.2 Å². The van der Waals surface area contributed by atoms with Crippen LogP contribution in [0.4, 0.5) is 0 Å². The molecule has 2 N–H and O–H groups in total. The van der Waals surface area contributed by atoms with Gasteiger partial charge in [0.2, 0.25) is 0 Å². The quantitative estimate of drug-likeness (QED) is 0.693. The summed E-state index contributed by atoms with van der Waals surface area (Å²) in [5.74, 6) is 2.41. The molecule has 2 heteroatoms. The van der Waals surface area contributed by atoms with Crippen molar-refractivity contribution in [2.75, 3.05) is 0 Å². The summed E-state index contributed by atoms with van der Waals surface area (Å²) < 4.78 is 0. The van der Waals surface area contributed by atoms with E-state index in [0.29, 0.717) is 23.8 Å². The molecule has 0 amide bonds. The SMILES string of the molecule is C=C1[C@H](O)CC(=C/C=C2/CCC[C@]3(C)[C@@H]([C@@H](C)CC)CC[C@@H]23)C[C@H]1O. The van der Waals surface area contributed by atoms with Gasteiger partial charge in [-0.25, -0.2) is 0 Å². The van der Waals surface area contributed by atoms with E-state index >= 15 is 0 Å². The lowest BCUT2D eigenvalue weighted by molar-refractivity contribution is 0.0961. The average molecular weight is 345 g/mol. The highest BCUT2D eigenvalue weighted by Crippen LogP contribution is 2.59. The molecule has 3 saturated carbocycles. The molecule has 140 valence electrons. The number of fused-ring (bicyclic) bond motifs is 1. The average Bonchev–Trinajstić information content (AvgIpc) is 2.94. The third kappa shape index (κ3) is 3.53. The van der Waals surface area contributed by atoms with Crippen LogP contribution in [0.2, 0.25) is 0 Å². The van der Waals surface area contributed by atoms with Crippen LogP contribution in [0, 0.1) is 23.2 Å². The molecular formula is C23H36O2. The summed E-state index contributed by atoms with van der Waals surface area (Å²) in [6, 6.07) is 0. The van der Waals surface area contributed by atoms with Gasteiger partial charge < -0.3 is 10.2 Å². The van der Waals surface area contributed by atoms with Gasteiger partial charge in [0, 0.05) is 0 Å². The van der Waals surface area contributed by atoms with Crippen LogP contribution in [-0.2, 0) is 0 Å². The van der Waals surface area contributed by atoms with E-state index in [1.54, 1.807) is 5.57 Å². The highest BCUT2D eigenvalue weighted by Gasteiger charge is 2.50. The van der Waals surface area contributed by atoms with Gasteiger partial charge in [-0.3, -0.25) is 0 Å². The summed E-state index contributed by atoms with van der Waals surface area (Å²) in [4.78, 5) is 0. The lowest BCUT2D eigenvalue weighted by Crippen LogP contribution is -2.35. The topological polar surface area (TPSA) is 40.5 Å². The molecule has 0 heterocycles. The highest BCUT2D eigenvalue weighted by atomic mass is 16.3. The number of rotatable bonds is 3. The maximum Gasteiger partial charge on any atom is 0.0809 e. The van der Waals surface area contributed by atoms with Crippen LogP contribution in [0.15, 0.2) is 35.5 Å². The van der Waals surface area contributed by atoms with Crippen molar-refractivity contribution in [2.45, 2.75) is 84.3 Å². The van der Waals surface area contributed by atoms with Gasteiger partial charge in [-0.15, -0.1) is 0 Å². The summed E-state index contributed by atoms with van der Waals surface area (Å²) >= 11 is 0. The molecule has 3 rings (SSSR count). The molecule has 0 unspecified atom stereocenters. The Morgan fingerprint density at radius 1 is 1.20 bits per heavy atom. The maximum atomic E-state index is 10.0. The molecule has 3 aliphatic carbocycles. The lowest BCUT2D eigenvalue weighted by atomic mass is 9.61. The van der Waals surface area contributed by atoms with Crippen LogP contribution in [0.25, 0.3) is 0 Å². The summed E-state index contributed by atoms with van der Waals surface area (Å²) in [5.41, 5.74) is 3.81. The third-order valence-electron chi connectivity index (χ3n) is 7.67. The molecule has 3 fully saturated rings. The lowest BCUT2D eigenvalue weighted by Gasteiger charge is -2.44. The van der Waals surface area contributed by atoms with E-state index in [1.165, 1.54) is 38.5 Å². The third-order valence-corrected chi connectivity index (χ3v) is 7.67. The Bertz CT molecular complexity index is 557. The molecule has 0 radical (unpaired) electrons. The van der Waals surface area contributed by atoms with Crippen molar-refractivity contribution in [3.05, 3.63) is 35.5 Å². The van der Waals surface area contributed by atoms with Gasteiger partial charge in [0.25, 0.3) is 0 Å². The van der Waals surface area contributed by atoms with Crippen LogP contribution in [0.3, 0.4) is 0 Å².